The highest BCUT2D eigenvalue weighted by Gasteiger charge is 2.16. The van der Waals surface area contributed by atoms with Gasteiger partial charge in [-0.05, 0) is 35.8 Å². The molecule has 8 heteroatoms. The number of H-pyrrole nitrogens is 1. The number of anilines is 1. The van der Waals surface area contributed by atoms with Crippen molar-refractivity contribution in [2.24, 2.45) is 0 Å². The second-order valence-corrected chi connectivity index (χ2v) is 5.09. The van der Waals surface area contributed by atoms with Crippen molar-refractivity contribution in [3.8, 4) is 6.01 Å². The third-order valence-corrected chi connectivity index (χ3v) is 2.92. The van der Waals surface area contributed by atoms with E-state index in [1.807, 2.05) is 24.6 Å². The molecule has 2 heterocycles. The van der Waals surface area contributed by atoms with Crippen molar-refractivity contribution in [2.75, 3.05) is 12.4 Å². The number of carbonyl (C=O) groups is 1. The Morgan fingerprint density at radius 2 is 2.32 bits per heavy atom. The smallest absolute Gasteiger partial charge is 0.336 e. The molecule has 0 radical (unpaired) electrons. The van der Waals surface area contributed by atoms with Gasteiger partial charge in [0, 0.05) is 16.7 Å². The van der Waals surface area contributed by atoms with Gasteiger partial charge in [0.2, 0.25) is 5.95 Å². The largest absolute Gasteiger partial charge is 0.466 e. The number of nitrogens with zero attached hydrogens (tertiary/aromatic N) is 3. The number of rotatable bonds is 4. The summed E-state index contributed by atoms with van der Waals surface area (Å²) < 4.78 is 7.55. The minimum Gasteiger partial charge on any atom is -0.466 e. The van der Waals surface area contributed by atoms with E-state index in [1.165, 1.54) is 7.11 Å². The fourth-order valence-corrected chi connectivity index (χ4v) is 2.06. The fraction of sp³-hybridized carbons (Fsp3) is 0.364. The molecule has 0 aliphatic rings. The van der Waals surface area contributed by atoms with E-state index in [0.29, 0.717) is 5.69 Å². The Morgan fingerprint density at radius 3 is 2.89 bits per heavy atom. The molecule has 2 aromatic heterocycles. The van der Waals surface area contributed by atoms with Crippen molar-refractivity contribution in [3.63, 3.8) is 0 Å². The Hall–Kier alpha value is -1.83. The monoisotopic (exact) mass is 327 g/mol. The summed E-state index contributed by atoms with van der Waals surface area (Å²) in [4.78, 5) is 16.1. The van der Waals surface area contributed by atoms with Crippen LogP contribution in [-0.2, 0) is 0 Å². The molecule has 0 aliphatic heterocycles. The first kappa shape index (κ1) is 13.6. The average molecular weight is 328 g/mol. The summed E-state index contributed by atoms with van der Waals surface area (Å²) in [6, 6.07) is 2.11. The minimum atomic E-state index is -0.266. The summed E-state index contributed by atoms with van der Waals surface area (Å²) in [5, 5.41) is 8.96. The van der Waals surface area contributed by atoms with Crippen molar-refractivity contribution in [3.05, 3.63) is 22.4 Å². The van der Waals surface area contributed by atoms with E-state index < -0.39 is 0 Å². The number of carbonyl (C=O) groups excluding carboxylic acids is 1. The number of amides is 1. The van der Waals surface area contributed by atoms with E-state index in [1.54, 1.807) is 6.07 Å². The maximum atomic E-state index is 12.2. The number of halogens is 1. The zero-order chi connectivity index (χ0) is 14.0. The predicted molar refractivity (Wildman–Crippen MR) is 73.4 cm³/mol. The number of nitrogens with one attached hydrogen (secondary N) is 2. The molecule has 102 valence electrons. The van der Waals surface area contributed by atoms with Gasteiger partial charge >= 0.3 is 6.01 Å². The van der Waals surface area contributed by atoms with E-state index in [0.717, 1.165) is 4.47 Å². The summed E-state index contributed by atoms with van der Waals surface area (Å²) in [7, 11) is 1.45. The fourth-order valence-electron chi connectivity index (χ4n) is 1.62. The number of methoxy groups -OCH3 is 1. The summed E-state index contributed by atoms with van der Waals surface area (Å²) in [6.45, 7) is 4.00. The predicted octanol–water partition coefficient (Wildman–Crippen LogP) is 2.21. The lowest BCUT2D eigenvalue weighted by Crippen LogP contribution is -2.18. The molecule has 0 bridgehead atoms. The molecular formula is C11H14BrN5O2. The van der Waals surface area contributed by atoms with Crippen molar-refractivity contribution < 1.29 is 9.53 Å². The molecular weight excluding hydrogens is 314 g/mol. The lowest BCUT2D eigenvalue weighted by Gasteiger charge is -2.11. The molecule has 1 amide bonds. The normalized spacial score (nSPS) is 10.8. The summed E-state index contributed by atoms with van der Waals surface area (Å²) in [5.74, 6) is -0.0207. The number of aromatic nitrogens is 4. The highest BCUT2D eigenvalue weighted by molar-refractivity contribution is 9.10. The van der Waals surface area contributed by atoms with E-state index >= 15 is 0 Å². The van der Waals surface area contributed by atoms with Gasteiger partial charge in [-0.15, -0.1) is 5.10 Å². The Morgan fingerprint density at radius 1 is 1.58 bits per heavy atom. The van der Waals surface area contributed by atoms with Crippen molar-refractivity contribution in [1.82, 2.24) is 19.7 Å². The summed E-state index contributed by atoms with van der Waals surface area (Å²) >= 11 is 3.36. The van der Waals surface area contributed by atoms with Crippen LogP contribution in [0.1, 0.15) is 30.4 Å². The molecule has 0 aromatic carbocycles. The van der Waals surface area contributed by atoms with E-state index in [4.69, 9.17) is 4.74 Å². The van der Waals surface area contributed by atoms with Gasteiger partial charge in [0.15, 0.2) is 0 Å². The average Bonchev–Trinajstić information content (AvgIpc) is 2.95. The molecule has 0 fully saturated rings. The Labute approximate surface area is 118 Å². The topological polar surface area (TPSA) is 84.8 Å². The second-order valence-electron chi connectivity index (χ2n) is 4.17. The van der Waals surface area contributed by atoms with Gasteiger partial charge in [-0.2, -0.15) is 4.98 Å². The molecule has 0 saturated heterocycles. The van der Waals surface area contributed by atoms with Crippen LogP contribution >= 0.6 is 15.9 Å². The van der Waals surface area contributed by atoms with Crippen LogP contribution in [0.2, 0.25) is 0 Å². The summed E-state index contributed by atoms with van der Waals surface area (Å²) in [6.07, 6.45) is 1.86. The molecule has 0 atom stereocenters. The van der Waals surface area contributed by atoms with Crippen LogP contribution in [0.25, 0.3) is 0 Å². The molecule has 0 saturated carbocycles. The SMILES string of the molecule is COc1n[nH]c(NC(=O)c2cc(Br)cn2C(C)C)n1. The first-order valence-electron chi connectivity index (χ1n) is 5.66. The van der Waals surface area contributed by atoms with Gasteiger partial charge in [0.1, 0.15) is 5.69 Å². The van der Waals surface area contributed by atoms with Crippen molar-refractivity contribution >= 4 is 27.8 Å². The molecule has 0 unspecified atom stereocenters. The Kier molecular flexibility index (Phi) is 3.89. The lowest BCUT2D eigenvalue weighted by molar-refractivity contribution is 0.101. The third-order valence-electron chi connectivity index (χ3n) is 2.48. The standard InChI is InChI=1S/C11H14BrN5O2/c1-6(2)17-5-7(12)4-8(17)9(18)13-10-14-11(19-3)16-15-10/h4-6H,1-3H3,(H2,13,14,15,16,18). The highest BCUT2D eigenvalue weighted by Crippen LogP contribution is 2.20. The Balaban J connectivity index is 2.20. The second kappa shape index (κ2) is 5.43. The Bertz CT molecular complexity index is 590. The molecule has 0 aliphatic carbocycles. The van der Waals surface area contributed by atoms with Gasteiger partial charge in [0.05, 0.1) is 7.11 Å². The van der Waals surface area contributed by atoms with Gasteiger partial charge in [-0.3, -0.25) is 10.1 Å². The van der Waals surface area contributed by atoms with Crippen molar-refractivity contribution in [2.45, 2.75) is 19.9 Å². The molecule has 2 N–H and O–H groups in total. The number of aromatic amines is 1. The van der Waals surface area contributed by atoms with Gasteiger partial charge in [-0.25, -0.2) is 5.10 Å². The quantitative estimate of drug-likeness (QED) is 0.901. The zero-order valence-electron chi connectivity index (χ0n) is 10.8. The highest BCUT2D eigenvalue weighted by atomic mass is 79.9. The molecule has 2 aromatic rings. The van der Waals surface area contributed by atoms with E-state index in [-0.39, 0.29) is 23.9 Å². The number of ether oxygens (including phenoxy) is 1. The van der Waals surface area contributed by atoms with Crippen LogP contribution < -0.4 is 10.1 Å². The number of hydrogen-bond donors (Lipinski definition) is 2. The molecule has 0 spiro atoms. The van der Waals surface area contributed by atoms with Crippen LogP contribution in [0.5, 0.6) is 6.01 Å². The van der Waals surface area contributed by atoms with Gasteiger partial charge in [-0.1, -0.05) is 0 Å². The molecule has 7 nitrogen and oxygen atoms in total. The van der Waals surface area contributed by atoms with Crippen LogP contribution in [-0.4, -0.2) is 32.8 Å². The van der Waals surface area contributed by atoms with Crippen molar-refractivity contribution in [1.29, 1.82) is 0 Å². The van der Waals surface area contributed by atoms with Crippen LogP contribution in [0, 0.1) is 0 Å². The number of hydrogen-bond acceptors (Lipinski definition) is 4. The van der Waals surface area contributed by atoms with Crippen LogP contribution in [0.15, 0.2) is 16.7 Å². The van der Waals surface area contributed by atoms with Crippen LogP contribution in [0.4, 0.5) is 5.95 Å². The van der Waals surface area contributed by atoms with Gasteiger partial charge < -0.3 is 9.30 Å². The lowest BCUT2D eigenvalue weighted by atomic mass is 10.3. The minimum absolute atomic E-state index is 0.177. The molecule has 2 rings (SSSR count). The molecule has 19 heavy (non-hydrogen) atoms. The van der Waals surface area contributed by atoms with E-state index in [2.05, 4.69) is 36.4 Å². The summed E-state index contributed by atoms with van der Waals surface area (Å²) in [5.41, 5.74) is 0.539. The van der Waals surface area contributed by atoms with Gasteiger partial charge in [0.25, 0.3) is 5.91 Å². The third kappa shape index (κ3) is 2.95. The maximum Gasteiger partial charge on any atom is 0.336 e. The first-order chi connectivity index (χ1) is 9.01. The first-order valence-corrected chi connectivity index (χ1v) is 6.45. The van der Waals surface area contributed by atoms with E-state index in [9.17, 15) is 4.79 Å². The zero-order valence-corrected chi connectivity index (χ0v) is 12.4. The maximum absolute atomic E-state index is 12.2. The van der Waals surface area contributed by atoms with Crippen LogP contribution in [0.3, 0.4) is 0 Å².